The molecule has 96 valence electrons. The van der Waals surface area contributed by atoms with Gasteiger partial charge >= 0.3 is 0 Å². The summed E-state index contributed by atoms with van der Waals surface area (Å²) in [5.41, 5.74) is 2.40. The number of amides is 1. The number of nitrogens with one attached hydrogen (secondary N) is 2. The van der Waals surface area contributed by atoms with Crippen LogP contribution in [0.1, 0.15) is 30.0 Å². The summed E-state index contributed by atoms with van der Waals surface area (Å²) in [4.78, 5) is 12.1. The molecule has 0 aromatic heterocycles. The van der Waals surface area contributed by atoms with Crippen LogP contribution in [0, 0.1) is 5.92 Å². The van der Waals surface area contributed by atoms with E-state index in [1.807, 2.05) is 12.1 Å². The van der Waals surface area contributed by atoms with Gasteiger partial charge in [0.05, 0.1) is 12.0 Å². The Kier molecular flexibility index (Phi) is 3.27. The lowest BCUT2D eigenvalue weighted by molar-refractivity contribution is -0.125. The summed E-state index contributed by atoms with van der Waals surface area (Å²) in [6, 6.07) is 6.10. The maximum absolute atomic E-state index is 12.1. The molecule has 2 unspecified atom stereocenters. The predicted octanol–water partition coefficient (Wildman–Crippen LogP) is 2.05. The van der Waals surface area contributed by atoms with Gasteiger partial charge in [-0.25, -0.2) is 0 Å². The molecule has 0 spiro atoms. The molecule has 1 aliphatic carbocycles. The molecular weight excluding hydrogens is 248 g/mol. The first-order chi connectivity index (χ1) is 8.75. The Morgan fingerprint density at radius 3 is 3.06 bits per heavy atom. The Balaban J connectivity index is 1.72. The summed E-state index contributed by atoms with van der Waals surface area (Å²) >= 11 is 6.18. The molecule has 1 aromatic carbocycles. The van der Waals surface area contributed by atoms with Gasteiger partial charge in [-0.1, -0.05) is 23.7 Å². The number of rotatable bonds is 2. The van der Waals surface area contributed by atoms with Crippen molar-refractivity contribution in [2.24, 2.45) is 5.92 Å². The quantitative estimate of drug-likeness (QED) is 0.859. The van der Waals surface area contributed by atoms with E-state index >= 15 is 0 Å². The monoisotopic (exact) mass is 264 g/mol. The first-order valence-electron chi connectivity index (χ1n) is 6.54. The molecule has 2 atom stereocenters. The van der Waals surface area contributed by atoms with Gasteiger partial charge in [0.1, 0.15) is 0 Å². The van der Waals surface area contributed by atoms with Gasteiger partial charge in [-0.2, -0.15) is 0 Å². The number of hydrogen-bond acceptors (Lipinski definition) is 2. The highest BCUT2D eigenvalue weighted by molar-refractivity contribution is 6.31. The van der Waals surface area contributed by atoms with Gasteiger partial charge in [0, 0.05) is 11.6 Å². The largest absolute Gasteiger partial charge is 0.349 e. The topological polar surface area (TPSA) is 41.1 Å². The van der Waals surface area contributed by atoms with Crippen LogP contribution in [0.3, 0.4) is 0 Å². The fourth-order valence-electron chi connectivity index (χ4n) is 2.93. The Bertz CT molecular complexity index is 469. The lowest BCUT2D eigenvalue weighted by Crippen LogP contribution is -2.34. The van der Waals surface area contributed by atoms with E-state index in [1.54, 1.807) is 0 Å². The van der Waals surface area contributed by atoms with Crippen molar-refractivity contribution in [2.75, 3.05) is 13.1 Å². The van der Waals surface area contributed by atoms with Crippen molar-refractivity contribution >= 4 is 17.5 Å². The minimum absolute atomic E-state index is 0.133. The summed E-state index contributed by atoms with van der Waals surface area (Å²) in [6.07, 6.45) is 2.87. The van der Waals surface area contributed by atoms with Gasteiger partial charge in [-0.15, -0.1) is 0 Å². The van der Waals surface area contributed by atoms with Crippen LogP contribution in [0.15, 0.2) is 18.2 Å². The van der Waals surface area contributed by atoms with Gasteiger partial charge in [0.2, 0.25) is 5.91 Å². The average molecular weight is 265 g/mol. The highest BCUT2D eigenvalue weighted by Gasteiger charge is 2.29. The van der Waals surface area contributed by atoms with Crippen LogP contribution in [0.5, 0.6) is 0 Å². The van der Waals surface area contributed by atoms with Crippen LogP contribution < -0.4 is 10.6 Å². The SMILES string of the molecule is O=C(NC1CCc2c(Cl)cccc21)C1CCNC1. The second kappa shape index (κ2) is 4.90. The minimum Gasteiger partial charge on any atom is -0.349 e. The maximum atomic E-state index is 12.1. The molecular formula is C14H17ClN2O. The molecule has 3 rings (SSSR count). The fraction of sp³-hybridized carbons (Fsp3) is 0.500. The van der Waals surface area contributed by atoms with Crippen LogP contribution in [-0.2, 0) is 11.2 Å². The molecule has 1 amide bonds. The predicted molar refractivity (Wildman–Crippen MR) is 71.6 cm³/mol. The van der Waals surface area contributed by atoms with Crippen molar-refractivity contribution in [3.8, 4) is 0 Å². The minimum atomic E-state index is 0.133. The van der Waals surface area contributed by atoms with Crippen molar-refractivity contribution in [3.05, 3.63) is 34.3 Å². The van der Waals surface area contributed by atoms with Crippen LogP contribution in [-0.4, -0.2) is 19.0 Å². The summed E-state index contributed by atoms with van der Waals surface area (Å²) < 4.78 is 0. The average Bonchev–Trinajstić information content (AvgIpc) is 2.99. The number of carbonyl (C=O) groups is 1. The second-order valence-corrected chi connectivity index (χ2v) is 5.50. The van der Waals surface area contributed by atoms with Gasteiger partial charge in [-0.3, -0.25) is 4.79 Å². The van der Waals surface area contributed by atoms with Gasteiger partial charge < -0.3 is 10.6 Å². The third kappa shape index (κ3) is 2.13. The summed E-state index contributed by atoms with van der Waals surface area (Å²) in [5.74, 6) is 0.311. The third-order valence-electron chi connectivity index (χ3n) is 3.96. The van der Waals surface area contributed by atoms with Crippen molar-refractivity contribution in [3.63, 3.8) is 0 Å². The third-order valence-corrected chi connectivity index (χ3v) is 4.32. The van der Waals surface area contributed by atoms with E-state index in [0.29, 0.717) is 0 Å². The molecule has 2 N–H and O–H groups in total. The van der Waals surface area contributed by atoms with E-state index in [-0.39, 0.29) is 17.9 Å². The normalized spacial score (nSPS) is 26.1. The fourth-order valence-corrected chi connectivity index (χ4v) is 3.20. The Labute approximate surface area is 112 Å². The van der Waals surface area contributed by atoms with Crippen molar-refractivity contribution < 1.29 is 4.79 Å². The molecule has 0 saturated carbocycles. The molecule has 1 fully saturated rings. The van der Waals surface area contributed by atoms with Crippen LogP contribution >= 0.6 is 11.6 Å². The lowest BCUT2D eigenvalue weighted by atomic mass is 10.1. The van der Waals surface area contributed by atoms with E-state index in [9.17, 15) is 4.79 Å². The van der Waals surface area contributed by atoms with Gasteiger partial charge in [0.25, 0.3) is 0 Å². The molecule has 1 aliphatic heterocycles. The van der Waals surface area contributed by atoms with Crippen molar-refractivity contribution in [1.82, 2.24) is 10.6 Å². The van der Waals surface area contributed by atoms with Crippen LogP contribution in [0.2, 0.25) is 5.02 Å². The molecule has 2 aliphatic rings. The summed E-state index contributed by atoms with van der Waals surface area (Å²) in [6.45, 7) is 1.76. The molecule has 0 radical (unpaired) electrons. The van der Waals surface area contributed by atoms with Crippen LogP contribution in [0.25, 0.3) is 0 Å². The van der Waals surface area contributed by atoms with Crippen molar-refractivity contribution in [2.45, 2.75) is 25.3 Å². The zero-order valence-corrected chi connectivity index (χ0v) is 11.0. The van der Waals surface area contributed by atoms with Crippen LogP contribution in [0.4, 0.5) is 0 Å². The summed E-state index contributed by atoms with van der Waals surface area (Å²) in [5, 5.41) is 7.22. The maximum Gasteiger partial charge on any atom is 0.224 e. The highest BCUT2D eigenvalue weighted by Crippen LogP contribution is 2.35. The number of fused-ring (bicyclic) bond motifs is 1. The van der Waals surface area contributed by atoms with Gasteiger partial charge in [-0.05, 0) is 43.0 Å². The number of benzene rings is 1. The second-order valence-electron chi connectivity index (χ2n) is 5.10. The number of carbonyl (C=O) groups excluding carboxylic acids is 1. The molecule has 1 saturated heterocycles. The zero-order chi connectivity index (χ0) is 12.5. The van der Waals surface area contributed by atoms with E-state index < -0.39 is 0 Å². The Morgan fingerprint density at radius 1 is 1.39 bits per heavy atom. The first-order valence-corrected chi connectivity index (χ1v) is 6.92. The van der Waals surface area contributed by atoms with Crippen molar-refractivity contribution in [1.29, 1.82) is 0 Å². The number of halogens is 1. The Morgan fingerprint density at radius 2 is 2.28 bits per heavy atom. The molecule has 0 bridgehead atoms. The summed E-state index contributed by atoms with van der Waals surface area (Å²) in [7, 11) is 0. The first kappa shape index (κ1) is 12.0. The molecule has 4 heteroatoms. The molecule has 3 nitrogen and oxygen atoms in total. The molecule has 1 aromatic rings. The number of hydrogen-bond donors (Lipinski definition) is 2. The van der Waals surface area contributed by atoms with E-state index in [2.05, 4.69) is 16.7 Å². The highest BCUT2D eigenvalue weighted by atomic mass is 35.5. The smallest absolute Gasteiger partial charge is 0.224 e. The molecule has 1 heterocycles. The van der Waals surface area contributed by atoms with E-state index in [4.69, 9.17) is 11.6 Å². The zero-order valence-electron chi connectivity index (χ0n) is 10.2. The van der Waals surface area contributed by atoms with E-state index in [1.165, 1.54) is 11.1 Å². The van der Waals surface area contributed by atoms with E-state index in [0.717, 1.165) is 37.4 Å². The molecule has 18 heavy (non-hydrogen) atoms. The lowest BCUT2D eigenvalue weighted by Gasteiger charge is -2.17. The standard InChI is InChI=1S/C14H17ClN2O/c15-12-3-1-2-11-10(12)4-5-13(11)17-14(18)9-6-7-16-8-9/h1-3,9,13,16H,4-8H2,(H,17,18). The van der Waals surface area contributed by atoms with Gasteiger partial charge in [0.15, 0.2) is 0 Å². The Hall–Kier alpha value is -1.06.